The predicted molar refractivity (Wildman–Crippen MR) is 70.7 cm³/mol. The van der Waals surface area contributed by atoms with E-state index in [4.69, 9.17) is 5.73 Å². The number of hydrogen-bond donors (Lipinski definition) is 3. The third-order valence-electron chi connectivity index (χ3n) is 2.39. The number of nitrogens with zero attached hydrogens (tertiary/aromatic N) is 3. The zero-order valence-corrected chi connectivity index (χ0v) is 11.6. The number of rotatable bonds is 4. The van der Waals surface area contributed by atoms with Crippen LogP contribution < -0.4 is 11.1 Å². The third-order valence-corrected chi connectivity index (χ3v) is 2.99. The van der Waals surface area contributed by atoms with Crippen LogP contribution >= 0.6 is 15.9 Å². The number of hydrogen-bond acceptors (Lipinski definition) is 4. The Morgan fingerprint density at radius 1 is 1.58 bits per heavy atom. The van der Waals surface area contributed by atoms with Crippen LogP contribution in [0.5, 0.6) is 0 Å². The van der Waals surface area contributed by atoms with E-state index >= 15 is 0 Å². The van der Waals surface area contributed by atoms with Gasteiger partial charge in [-0.05, 0) is 22.9 Å². The van der Waals surface area contributed by atoms with Gasteiger partial charge in [0.25, 0.3) is 11.8 Å². The molecule has 0 radical (unpaired) electrons. The van der Waals surface area contributed by atoms with Gasteiger partial charge in [-0.15, -0.1) is 0 Å². The number of nitrogens with one attached hydrogen (secondary N) is 2. The summed E-state index contributed by atoms with van der Waals surface area (Å²) in [5.74, 6) is -1.14. The Morgan fingerprint density at radius 2 is 2.32 bits per heavy atom. The molecule has 0 saturated heterocycles. The van der Waals surface area contributed by atoms with E-state index < -0.39 is 11.8 Å². The van der Waals surface area contributed by atoms with Crippen LogP contribution in [-0.4, -0.2) is 31.8 Å². The van der Waals surface area contributed by atoms with Crippen LogP contribution in [-0.2, 0) is 6.54 Å². The maximum absolute atomic E-state index is 12.0. The van der Waals surface area contributed by atoms with E-state index in [1.54, 1.807) is 6.20 Å². The Hall–Kier alpha value is -2.16. The largest absolute Gasteiger partial charge is 0.364 e. The number of carbonyl (C=O) groups is 2. The van der Waals surface area contributed by atoms with Crippen LogP contribution in [0.1, 0.15) is 27.9 Å². The fourth-order valence-corrected chi connectivity index (χ4v) is 1.84. The SMILES string of the molecule is CCn1cc(NC(=O)c2[nH]ncc2Br)c(C(N)=O)n1. The summed E-state index contributed by atoms with van der Waals surface area (Å²) in [5.41, 5.74) is 5.75. The number of halogens is 1. The maximum atomic E-state index is 12.0. The molecule has 0 atom stereocenters. The zero-order chi connectivity index (χ0) is 14.0. The molecule has 19 heavy (non-hydrogen) atoms. The highest BCUT2D eigenvalue weighted by Crippen LogP contribution is 2.17. The lowest BCUT2D eigenvalue weighted by Gasteiger charge is -2.01. The molecule has 0 unspecified atom stereocenters. The third kappa shape index (κ3) is 2.65. The number of anilines is 1. The Labute approximate surface area is 116 Å². The van der Waals surface area contributed by atoms with Crippen molar-refractivity contribution in [1.29, 1.82) is 0 Å². The molecule has 0 saturated carbocycles. The van der Waals surface area contributed by atoms with E-state index in [1.165, 1.54) is 10.9 Å². The Morgan fingerprint density at radius 3 is 2.84 bits per heavy atom. The highest BCUT2D eigenvalue weighted by atomic mass is 79.9. The standard InChI is InChI=1S/C10H11BrN6O2/c1-2-17-4-6(8(16-17)9(12)18)14-10(19)7-5(11)3-13-15-7/h3-4H,2H2,1H3,(H2,12,18)(H,13,15)(H,14,19). The van der Waals surface area contributed by atoms with Gasteiger partial charge in [0.2, 0.25) is 0 Å². The second-order valence-corrected chi connectivity index (χ2v) is 4.51. The molecular weight excluding hydrogens is 316 g/mol. The van der Waals surface area contributed by atoms with Crippen molar-refractivity contribution >= 4 is 33.4 Å². The minimum atomic E-state index is -0.703. The average molecular weight is 327 g/mol. The van der Waals surface area contributed by atoms with Crippen LogP contribution in [0, 0.1) is 0 Å². The topological polar surface area (TPSA) is 119 Å². The fourth-order valence-electron chi connectivity index (χ4n) is 1.47. The lowest BCUT2D eigenvalue weighted by Crippen LogP contribution is -2.18. The molecule has 100 valence electrons. The molecule has 0 aliphatic rings. The quantitative estimate of drug-likeness (QED) is 0.767. The molecule has 0 aliphatic heterocycles. The highest BCUT2D eigenvalue weighted by Gasteiger charge is 2.18. The van der Waals surface area contributed by atoms with Crippen molar-refractivity contribution in [2.45, 2.75) is 13.5 Å². The van der Waals surface area contributed by atoms with Crippen LogP contribution in [0.15, 0.2) is 16.9 Å². The molecule has 2 amide bonds. The first kappa shape index (κ1) is 13.3. The van der Waals surface area contributed by atoms with Gasteiger partial charge in [0.15, 0.2) is 5.69 Å². The van der Waals surface area contributed by atoms with Crippen LogP contribution in [0.3, 0.4) is 0 Å². The Bertz CT molecular complexity index is 632. The Balaban J connectivity index is 2.28. The van der Waals surface area contributed by atoms with Crippen molar-refractivity contribution < 1.29 is 9.59 Å². The number of carbonyl (C=O) groups excluding carboxylic acids is 2. The normalized spacial score (nSPS) is 10.4. The van der Waals surface area contributed by atoms with Crippen molar-refractivity contribution in [2.24, 2.45) is 5.73 Å². The van der Waals surface area contributed by atoms with Gasteiger partial charge in [0.1, 0.15) is 5.69 Å². The van der Waals surface area contributed by atoms with Gasteiger partial charge in [-0.2, -0.15) is 10.2 Å². The van der Waals surface area contributed by atoms with Gasteiger partial charge in [-0.3, -0.25) is 19.4 Å². The molecule has 0 bridgehead atoms. The summed E-state index contributed by atoms with van der Waals surface area (Å²) >= 11 is 3.18. The molecule has 0 aliphatic carbocycles. The molecule has 0 spiro atoms. The molecule has 8 nitrogen and oxygen atoms in total. The number of nitrogens with two attached hydrogens (primary N) is 1. The summed E-state index contributed by atoms with van der Waals surface area (Å²) in [6, 6.07) is 0. The number of amides is 2. The van der Waals surface area contributed by atoms with Gasteiger partial charge in [0.05, 0.1) is 16.4 Å². The summed E-state index contributed by atoms with van der Waals surface area (Å²) in [5, 5.41) is 12.8. The van der Waals surface area contributed by atoms with Crippen molar-refractivity contribution in [2.75, 3.05) is 5.32 Å². The second kappa shape index (κ2) is 5.22. The van der Waals surface area contributed by atoms with Crippen molar-refractivity contribution in [3.63, 3.8) is 0 Å². The smallest absolute Gasteiger partial charge is 0.274 e. The van der Waals surface area contributed by atoms with E-state index in [-0.39, 0.29) is 17.1 Å². The zero-order valence-electron chi connectivity index (χ0n) is 9.98. The molecule has 4 N–H and O–H groups in total. The molecule has 2 heterocycles. The number of aromatic amines is 1. The van der Waals surface area contributed by atoms with Gasteiger partial charge in [0, 0.05) is 12.7 Å². The lowest BCUT2D eigenvalue weighted by atomic mass is 10.3. The summed E-state index contributed by atoms with van der Waals surface area (Å²) in [6.45, 7) is 2.42. The molecule has 2 rings (SSSR count). The molecular formula is C10H11BrN6O2. The lowest BCUT2D eigenvalue weighted by molar-refractivity contribution is 0.0995. The predicted octanol–water partition coefficient (Wildman–Crippen LogP) is 0.740. The monoisotopic (exact) mass is 326 g/mol. The first-order valence-electron chi connectivity index (χ1n) is 5.40. The number of aromatic nitrogens is 4. The van der Waals surface area contributed by atoms with E-state index in [2.05, 4.69) is 36.5 Å². The number of aryl methyl sites for hydroxylation is 1. The van der Waals surface area contributed by atoms with Crippen molar-refractivity contribution in [1.82, 2.24) is 20.0 Å². The first-order valence-corrected chi connectivity index (χ1v) is 6.19. The molecule has 2 aromatic rings. The summed E-state index contributed by atoms with van der Waals surface area (Å²) in [7, 11) is 0. The average Bonchev–Trinajstić information content (AvgIpc) is 2.95. The Kier molecular flexibility index (Phi) is 3.65. The molecule has 0 aromatic carbocycles. The number of primary amides is 1. The first-order chi connectivity index (χ1) is 9.02. The molecule has 2 aromatic heterocycles. The van der Waals surface area contributed by atoms with Gasteiger partial charge in [-0.25, -0.2) is 0 Å². The second-order valence-electron chi connectivity index (χ2n) is 3.66. The van der Waals surface area contributed by atoms with E-state index in [0.717, 1.165) is 0 Å². The van der Waals surface area contributed by atoms with E-state index in [1.807, 2.05) is 6.92 Å². The van der Waals surface area contributed by atoms with Gasteiger partial charge >= 0.3 is 0 Å². The van der Waals surface area contributed by atoms with Crippen molar-refractivity contribution in [3.8, 4) is 0 Å². The van der Waals surface area contributed by atoms with Gasteiger partial charge in [-0.1, -0.05) is 0 Å². The minimum absolute atomic E-state index is 0.0193. The highest BCUT2D eigenvalue weighted by molar-refractivity contribution is 9.10. The molecule has 9 heteroatoms. The van der Waals surface area contributed by atoms with Gasteiger partial charge < -0.3 is 11.1 Å². The van der Waals surface area contributed by atoms with E-state index in [9.17, 15) is 9.59 Å². The van der Waals surface area contributed by atoms with Crippen LogP contribution in [0.2, 0.25) is 0 Å². The van der Waals surface area contributed by atoms with Crippen LogP contribution in [0.25, 0.3) is 0 Å². The summed E-state index contributed by atoms with van der Waals surface area (Å²) in [6.07, 6.45) is 3.00. The van der Waals surface area contributed by atoms with Crippen LogP contribution in [0.4, 0.5) is 5.69 Å². The molecule has 0 fully saturated rings. The van der Waals surface area contributed by atoms with E-state index in [0.29, 0.717) is 11.0 Å². The van der Waals surface area contributed by atoms with Crippen molar-refractivity contribution in [3.05, 3.63) is 28.3 Å². The fraction of sp³-hybridized carbons (Fsp3) is 0.200. The summed E-state index contributed by atoms with van der Waals surface area (Å²) < 4.78 is 2.03. The minimum Gasteiger partial charge on any atom is -0.364 e. The maximum Gasteiger partial charge on any atom is 0.274 e. The summed E-state index contributed by atoms with van der Waals surface area (Å²) in [4.78, 5) is 23.2. The number of H-pyrrole nitrogens is 1.